The molecule has 6 heteroatoms. The van der Waals surface area contributed by atoms with Crippen molar-refractivity contribution in [2.24, 2.45) is 0 Å². The molecular weight excluding hydrogens is 366 g/mol. The first-order chi connectivity index (χ1) is 14.2. The molecule has 0 saturated carbocycles. The van der Waals surface area contributed by atoms with E-state index in [1.807, 2.05) is 55.6 Å². The maximum absolute atomic E-state index is 12.4. The van der Waals surface area contributed by atoms with Crippen LogP contribution in [-0.2, 0) is 6.54 Å². The van der Waals surface area contributed by atoms with Crippen molar-refractivity contribution in [2.75, 3.05) is 32.2 Å². The van der Waals surface area contributed by atoms with Crippen LogP contribution in [0.4, 0.5) is 5.69 Å². The number of ether oxygens (including phenoxy) is 2. The van der Waals surface area contributed by atoms with Crippen LogP contribution in [-0.4, -0.2) is 38.2 Å². The van der Waals surface area contributed by atoms with E-state index >= 15 is 0 Å². The lowest BCUT2D eigenvalue weighted by atomic mass is 10.2. The smallest absolute Gasteiger partial charge is 0.270 e. The molecule has 2 aromatic carbocycles. The molecule has 0 fully saturated rings. The van der Waals surface area contributed by atoms with Crippen LogP contribution < -0.4 is 19.7 Å². The Morgan fingerprint density at radius 3 is 2.48 bits per heavy atom. The Bertz CT molecular complexity index is 914. The van der Waals surface area contributed by atoms with Crippen LogP contribution in [0.5, 0.6) is 11.5 Å². The Hall–Kier alpha value is -3.54. The first kappa shape index (κ1) is 20.2. The number of pyridine rings is 1. The number of carbonyl (C=O) groups is 1. The second-order valence-electron chi connectivity index (χ2n) is 6.52. The SMILES string of the molecule is COc1ccc(OCCNC(=O)c2cc(N(C)Cc3ccccc3)ccn2)cc1. The van der Waals surface area contributed by atoms with E-state index in [0.29, 0.717) is 18.8 Å². The number of methoxy groups -OCH3 is 1. The zero-order chi connectivity index (χ0) is 20.5. The third-order valence-corrected chi connectivity index (χ3v) is 4.40. The standard InChI is InChI=1S/C23H25N3O3/c1-26(17-18-6-4-3-5-7-18)19-12-13-24-22(16-19)23(27)25-14-15-29-21-10-8-20(28-2)9-11-21/h3-13,16H,14-15,17H2,1-2H3,(H,25,27). The average molecular weight is 391 g/mol. The van der Waals surface area contributed by atoms with E-state index in [-0.39, 0.29) is 5.91 Å². The molecule has 1 aromatic heterocycles. The highest BCUT2D eigenvalue weighted by Gasteiger charge is 2.10. The highest BCUT2D eigenvalue weighted by Crippen LogP contribution is 2.17. The molecule has 0 aliphatic rings. The summed E-state index contributed by atoms with van der Waals surface area (Å²) in [5.74, 6) is 1.27. The van der Waals surface area contributed by atoms with Crippen molar-refractivity contribution in [1.29, 1.82) is 0 Å². The lowest BCUT2D eigenvalue weighted by molar-refractivity contribution is 0.0942. The van der Waals surface area contributed by atoms with E-state index in [0.717, 1.165) is 23.7 Å². The first-order valence-electron chi connectivity index (χ1n) is 9.42. The number of aromatic nitrogens is 1. The van der Waals surface area contributed by atoms with Crippen LogP contribution in [0, 0.1) is 0 Å². The largest absolute Gasteiger partial charge is 0.497 e. The summed E-state index contributed by atoms with van der Waals surface area (Å²) < 4.78 is 10.7. The highest BCUT2D eigenvalue weighted by atomic mass is 16.5. The van der Waals surface area contributed by atoms with Gasteiger partial charge in [0.2, 0.25) is 0 Å². The van der Waals surface area contributed by atoms with E-state index in [1.165, 1.54) is 5.56 Å². The fourth-order valence-electron chi connectivity index (χ4n) is 2.83. The number of hydrogen-bond donors (Lipinski definition) is 1. The van der Waals surface area contributed by atoms with Crippen LogP contribution in [0.1, 0.15) is 16.1 Å². The number of hydrogen-bond acceptors (Lipinski definition) is 5. The molecule has 150 valence electrons. The van der Waals surface area contributed by atoms with Gasteiger partial charge in [0.15, 0.2) is 0 Å². The van der Waals surface area contributed by atoms with Crippen LogP contribution in [0.25, 0.3) is 0 Å². The number of benzene rings is 2. The Morgan fingerprint density at radius 2 is 1.76 bits per heavy atom. The molecule has 0 bridgehead atoms. The number of anilines is 1. The first-order valence-corrected chi connectivity index (χ1v) is 9.42. The van der Waals surface area contributed by atoms with Gasteiger partial charge in [0, 0.05) is 25.5 Å². The van der Waals surface area contributed by atoms with Crippen LogP contribution in [0.3, 0.4) is 0 Å². The monoisotopic (exact) mass is 391 g/mol. The van der Waals surface area contributed by atoms with Gasteiger partial charge in [-0.1, -0.05) is 30.3 Å². The molecule has 1 heterocycles. The molecule has 1 N–H and O–H groups in total. The van der Waals surface area contributed by atoms with Gasteiger partial charge in [-0.3, -0.25) is 9.78 Å². The molecular formula is C23H25N3O3. The van der Waals surface area contributed by atoms with Crippen molar-refractivity contribution in [3.8, 4) is 11.5 Å². The van der Waals surface area contributed by atoms with Crippen LogP contribution >= 0.6 is 0 Å². The fourth-order valence-corrected chi connectivity index (χ4v) is 2.83. The van der Waals surface area contributed by atoms with E-state index in [2.05, 4.69) is 27.3 Å². The van der Waals surface area contributed by atoms with Gasteiger partial charge < -0.3 is 19.7 Å². The molecule has 3 aromatic rings. The summed E-state index contributed by atoms with van der Waals surface area (Å²) in [6.07, 6.45) is 1.65. The van der Waals surface area contributed by atoms with Gasteiger partial charge in [-0.05, 0) is 42.0 Å². The van der Waals surface area contributed by atoms with Crippen molar-refractivity contribution in [3.05, 3.63) is 84.2 Å². The molecule has 0 atom stereocenters. The Balaban J connectivity index is 1.49. The predicted molar refractivity (Wildman–Crippen MR) is 114 cm³/mol. The average Bonchev–Trinajstić information content (AvgIpc) is 2.77. The van der Waals surface area contributed by atoms with Crippen molar-refractivity contribution in [1.82, 2.24) is 10.3 Å². The van der Waals surface area contributed by atoms with Crippen molar-refractivity contribution in [2.45, 2.75) is 6.54 Å². The second-order valence-corrected chi connectivity index (χ2v) is 6.52. The Kier molecular flexibility index (Phi) is 7.05. The number of amides is 1. The van der Waals surface area contributed by atoms with Crippen molar-refractivity contribution in [3.63, 3.8) is 0 Å². The molecule has 0 spiro atoms. The van der Waals surface area contributed by atoms with E-state index in [4.69, 9.17) is 9.47 Å². The molecule has 0 aliphatic carbocycles. The minimum absolute atomic E-state index is 0.224. The fraction of sp³-hybridized carbons (Fsp3) is 0.217. The van der Waals surface area contributed by atoms with Crippen molar-refractivity contribution < 1.29 is 14.3 Å². The number of rotatable bonds is 9. The highest BCUT2D eigenvalue weighted by molar-refractivity contribution is 5.93. The lowest BCUT2D eigenvalue weighted by Crippen LogP contribution is -2.29. The van der Waals surface area contributed by atoms with Crippen molar-refractivity contribution >= 4 is 11.6 Å². The third kappa shape index (κ3) is 5.97. The van der Waals surface area contributed by atoms with Gasteiger partial charge in [0.05, 0.1) is 13.7 Å². The van der Waals surface area contributed by atoms with Gasteiger partial charge in [0.1, 0.15) is 23.8 Å². The van der Waals surface area contributed by atoms with E-state index < -0.39 is 0 Å². The summed E-state index contributed by atoms with van der Waals surface area (Å²) in [6, 6.07) is 21.2. The number of carbonyl (C=O) groups excluding carboxylic acids is 1. The van der Waals surface area contributed by atoms with E-state index in [1.54, 1.807) is 19.4 Å². The second kappa shape index (κ2) is 10.1. The summed E-state index contributed by atoms with van der Waals surface area (Å²) in [5.41, 5.74) is 2.52. The normalized spacial score (nSPS) is 10.3. The molecule has 29 heavy (non-hydrogen) atoms. The van der Waals surface area contributed by atoms with Gasteiger partial charge in [-0.2, -0.15) is 0 Å². The molecule has 0 aliphatic heterocycles. The molecule has 1 amide bonds. The predicted octanol–water partition coefficient (Wildman–Crippen LogP) is 3.54. The summed E-state index contributed by atoms with van der Waals surface area (Å²) in [6.45, 7) is 1.50. The Morgan fingerprint density at radius 1 is 1.03 bits per heavy atom. The zero-order valence-electron chi connectivity index (χ0n) is 16.7. The Labute approximate surface area is 171 Å². The lowest BCUT2D eigenvalue weighted by Gasteiger charge is -2.19. The minimum atomic E-state index is -0.224. The quantitative estimate of drug-likeness (QED) is 0.566. The summed E-state index contributed by atoms with van der Waals surface area (Å²) in [7, 11) is 3.61. The number of nitrogens with zero attached hydrogens (tertiary/aromatic N) is 2. The maximum atomic E-state index is 12.4. The summed E-state index contributed by atoms with van der Waals surface area (Å²) >= 11 is 0. The molecule has 3 rings (SSSR count). The van der Waals surface area contributed by atoms with Gasteiger partial charge in [-0.25, -0.2) is 0 Å². The molecule has 0 unspecified atom stereocenters. The van der Waals surface area contributed by atoms with Gasteiger partial charge >= 0.3 is 0 Å². The molecule has 0 saturated heterocycles. The molecule has 0 radical (unpaired) electrons. The topological polar surface area (TPSA) is 63.7 Å². The minimum Gasteiger partial charge on any atom is -0.497 e. The maximum Gasteiger partial charge on any atom is 0.270 e. The third-order valence-electron chi connectivity index (χ3n) is 4.40. The van der Waals surface area contributed by atoms with Gasteiger partial charge in [0.25, 0.3) is 5.91 Å². The summed E-state index contributed by atoms with van der Waals surface area (Å²) in [4.78, 5) is 18.7. The summed E-state index contributed by atoms with van der Waals surface area (Å²) in [5, 5.41) is 2.84. The van der Waals surface area contributed by atoms with Gasteiger partial charge in [-0.15, -0.1) is 0 Å². The molecule has 6 nitrogen and oxygen atoms in total. The number of nitrogens with one attached hydrogen (secondary N) is 1. The van der Waals surface area contributed by atoms with Crippen LogP contribution in [0.2, 0.25) is 0 Å². The van der Waals surface area contributed by atoms with Crippen LogP contribution in [0.15, 0.2) is 72.9 Å². The van der Waals surface area contributed by atoms with E-state index in [9.17, 15) is 4.79 Å². The zero-order valence-corrected chi connectivity index (χ0v) is 16.7.